The molecule has 0 radical (unpaired) electrons. The number of allylic oxidation sites excluding steroid dienone is 1. The number of rotatable bonds is 2. The SMILES string of the molecule is O=C/C=C/N1c2ccccc2Sc2ccccc21. The number of nitrogens with zero attached hydrogens (tertiary/aromatic N) is 1. The fraction of sp³-hybridized carbons (Fsp3) is 0. The predicted molar refractivity (Wildman–Crippen MR) is 74.4 cm³/mol. The molecule has 0 saturated carbocycles. The van der Waals surface area contributed by atoms with Crippen molar-refractivity contribution in [2.45, 2.75) is 9.79 Å². The quantitative estimate of drug-likeness (QED) is 0.596. The molecule has 0 saturated heterocycles. The maximum absolute atomic E-state index is 10.6. The number of carbonyl (C=O) groups is 1. The lowest BCUT2D eigenvalue weighted by molar-refractivity contribution is -0.104. The molecule has 88 valence electrons. The van der Waals surface area contributed by atoms with E-state index in [1.54, 1.807) is 11.8 Å². The highest BCUT2D eigenvalue weighted by atomic mass is 32.2. The number of fused-ring (bicyclic) bond motifs is 2. The molecular formula is C15H11NOS. The van der Waals surface area contributed by atoms with E-state index < -0.39 is 0 Å². The Morgan fingerprint density at radius 2 is 1.44 bits per heavy atom. The first kappa shape index (κ1) is 11.1. The molecule has 1 heterocycles. The van der Waals surface area contributed by atoms with Crippen LogP contribution in [0.4, 0.5) is 11.4 Å². The van der Waals surface area contributed by atoms with Gasteiger partial charge in [-0.3, -0.25) is 4.79 Å². The van der Waals surface area contributed by atoms with E-state index in [4.69, 9.17) is 0 Å². The highest BCUT2D eigenvalue weighted by Gasteiger charge is 2.20. The standard InChI is InChI=1S/C15H11NOS/c17-11-5-10-16-12-6-1-3-8-14(12)18-15-9-4-2-7-13(15)16/h1-11H/b10-5+. The molecule has 18 heavy (non-hydrogen) atoms. The Balaban J connectivity index is 2.17. The average molecular weight is 253 g/mol. The smallest absolute Gasteiger partial charge is 0.144 e. The molecule has 2 aromatic carbocycles. The fourth-order valence-corrected chi connectivity index (χ4v) is 3.09. The summed E-state index contributed by atoms with van der Waals surface area (Å²) in [7, 11) is 0. The summed E-state index contributed by atoms with van der Waals surface area (Å²) < 4.78 is 0. The zero-order valence-electron chi connectivity index (χ0n) is 9.61. The summed E-state index contributed by atoms with van der Waals surface area (Å²) in [6.07, 6.45) is 4.13. The zero-order valence-corrected chi connectivity index (χ0v) is 10.4. The third-order valence-electron chi connectivity index (χ3n) is 2.78. The van der Waals surface area contributed by atoms with Gasteiger partial charge in [-0.15, -0.1) is 0 Å². The number of hydrogen-bond donors (Lipinski definition) is 0. The minimum atomic E-state index is 0.799. The molecule has 1 aliphatic heterocycles. The third-order valence-corrected chi connectivity index (χ3v) is 3.91. The highest BCUT2D eigenvalue weighted by Crippen LogP contribution is 2.47. The molecular weight excluding hydrogens is 242 g/mol. The Bertz CT molecular complexity index is 576. The first-order valence-corrected chi connectivity index (χ1v) is 6.49. The lowest BCUT2D eigenvalue weighted by atomic mass is 10.2. The maximum Gasteiger partial charge on any atom is 0.144 e. The summed E-state index contributed by atoms with van der Waals surface area (Å²) in [5.41, 5.74) is 2.22. The monoisotopic (exact) mass is 253 g/mol. The van der Waals surface area contributed by atoms with Gasteiger partial charge in [0.05, 0.1) is 11.4 Å². The molecule has 2 nitrogen and oxygen atoms in total. The molecule has 0 amide bonds. The van der Waals surface area contributed by atoms with Crippen LogP contribution in [0.1, 0.15) is 0 Å². The molecule has 1 aliphatic rings. The maximum atomic E-state index is 10.6. The van der Waals surface area contributed by atoms with Crippen LogP contribution in [0.3, 0.4) is 0 Å². The van der Waals surface area contributed by atoms with Crippen LogP contribution >= 0.6 is 11.8 Å². The second-order valence-electron chi connectivity index (χ2n) is 3.89. The van der Waals surface area contributed by atoms with Gasteiger partial charge in [-0.05, 0) is 30.3 Å². The van der Waals surface area contributed by atoms with E-state index in [1.165, 1.54) is 15.9 Å². The van der Waals surface area contributed by atoms with Gasteiger partial charge in [0.2, 0.25) is 0 Å². The van der Waals surface area contributed by atoms with Crippen LogP contribution in [0.25, 0.3) is 0 Å². The van der Waals surface area contributed by atoms with Gasteiger partial charge in [0.15, 0.2) is 0 Å². The Labute approximate surface area is 110 Å². The molecule has 0 unspecified atom stereocenters. The number of para-hydroxylation sites is 2. The largest absolute Gasteiger partial charge is 0.315 e. The highest BCUT2D eigenvalue weighted by molar-refractivity contribution is 7.99. The van der Waals surface area contributed by atoms with E-state index in [0.29, 0.717) is 0 Å². The molecule has 3 heteroatoms. The Morgan fingerprint density at radius 3 is 2.00 bits per heavy atom. The van der Waals surface area contributed by atoms with E-state index in [9.17, 15) is 4.79 Å². The average Bonchev–Trinajstić information content (AvgIpc) is 2.43. The van der Waals surface area contributed by atoms with E-state index in [0.717, 1.165) is 17.7 Å². The van der Waals surface area contributed by atoms with Gasteiger partial charge >= 0.3 is 0 Å². The lowest BCUT2D eigenvalue weighted by Crippen LogP contribution is -2.13. The van der Waals surface area contributed by atoms with E-state index in [2.05, 4.69) is 29.2 Å². The van der Waals surface area contributed by atoms with Crippen LogP contribution in [-0.4, -0.2) is 6.29 Å². The number of carbonyl (C=O) groups excluding carboxylic acids is 1. The summed E-state index contributed by atoms with van der Waals surface area (Å²) in [5, 5.41) is 0. The van der Waals surface area contributed by atoms with Gasteiger partial charge in [-0.2, -0.15) is 0 Å². The summed E-state index contributed by atoms with van der Waals surface area (Å²) in [6.45, 7) is 0. The van der Waals surface area contributed by atoms with Crippen LogP contribution in [-0.2, 0) is 4.79 Å². The van der Waals surface area contributed by atoms with Crippen molar-refractivity contribution in [3.8, 4) is 0 Å². The van der Waals surface area contributed by atoms with Crippen LogP contribution in [0.5, 0.6) is 0 Å². The van der Waals surface area contributed by atoms with Gasteiger partial charge < -0.3 is 4.90 Å². The molecule has 2 aromatic rings. The zero-order chi connectivity index (χ0) is 12.4. The number of aldehydes is 1. The number of anilines is 2. The van der Waals surface area contributed by atoms with Crippen molar-refractivity contribution in [2.75, 3.05) is 4.90 Å². The van der Waals surface area contributed by atoms with Crippen molar-refractivity contribution in [1.82, 2.24) is 0 Å². The molecule has 0 aliphatic carbocycles. The van der Waals surface area contributed by atoms with Crippen LogP contribution < -0.4 is 4.90 Å². The minimum Gasteiger partial charge on any atom is -0.315 e. The third kappa shape index (κ3) is 1.83. The Hall–Kier alpha value is -2.00. The molecule has 0 fully saturated rings. The molecule has 0 aromatic heterocycles. The van der Waals surface area contributed by atoms with Gasteiger partial charge in [0.25, 0.3) is 0 Å². The van der Waals surface area contributed by atoms with Crippen molar-refractivity contribution in [2.24, 2.45) is 0 Å². The van der Waals surface area contributed by atoms with E-state index in [-0.39, 0.29) is 0 Å². The van der Waals surface area contributed by atoms with Crippen molar-refractivity contribution in [1.29, 1.82) is 0 Å². The van der Waals surface area contributed by atoms with Crippen molar-refractivity contribution >= 4 is 29.4 Å². The van der Waals surface area contributed by atoms with Crippen LogP contribution in [0.15, 0.2) is 70.6 Å². The second kappa shape index (κ2) is 4.70. The van der Waals surface area contributed by atoms with Gasteiger partial charge in [0.1, 0.15) is 6.29 Å². The minimum absolute atomic E-state index is 0.799. The number of benzene rings is 2. The topological polar surface area (TPSA) is 20.3 Å². The lowest BCUT2D eigenvalue weighted by Gasteiger charge is -2.29. The molecule has 0 spiro atoms. The molecule has 0 atom stereocenters. The number of hydrogen-bond acceptors (Lipinski definition) is 3. The summed E-state index contributed by atoms with van der Waals surface area (Å²) in [5.74, 6) is 0. The Morgan fingerprint density at radius 1 is 0.889 bits per heavy atom. The second-order valence-corrected chi connectivity index (χ2v) is 4.97. The van der Waals surface area contributed by atoms with Crippen LogP contribution in [0, 0.1) is 0 Å². The Kier molecular flexibility index (Phi) is 2.90. The van der Waals surface area contributed by atoms with Crippen molar-refractivity contribution in [3.63, 3.8) is 0 Å². The van der Waals surface area contributed by atoms with Gasteiger partial charge in [-0.1, -0.05) is 36.0 Å². The van der Waals surface area contributed by atoms with Gasteiger partial charge in [-0.25, -0.2) is 0 Å². The molecule has 0 bridgehead atoms. The van der Waals surface area contributed by atoms with E-state index >= 15 is 0 Å². The van der Waals surface area contributed by atoms with Crippen LogP contribution in [0.2, 0.25) is 0 Å². The summed E-state index contributed by atoms with van der Waals surface area (Å²) in [6, 6.07) is 16.4. The normalized spacial score (nSPS) is 13.2. The molecule has 0 N–H and O–H groups in total. The predicted octanol–water partition coefficient (Wildman–Crippen LogP) is 4.00. The van der Waals surface area contributed by atoms with Crippen molar-refractivity contribution < 1.29 is 4.79 Å². The fourth-order valence-electron chi connectivity index (χ4n) is 2.02. The van der Waals surface area contributed by atoms with Gasteiger partial charge in [0, 0.05) is 16.0 Å². The first-order valence-electron chi connectivity index (χ1n) is 5.67. The first-order chi connectivity index (χ1) is 8.90. The van der Waals surface area contributed by atoms with Crippen molar-refractivity contribution in [3.05, 3.63) is 60.8 Å². The summed E-state index contributed by atoms with van der Waals surface area (Å²) >= 11 is 1.76. The molecule has 3 rings (SSSR count). The van der Waals surface area contributed by atoms with E-state index in [1.807, 2.05) is 30.5 Å². The summed E-state index contributed by atoms with van der Waals surface area (Å²) in [4.78, 5) is 15.0.